The molecule has 0 bridgehead atoms. The Morgan fingerprint density at radius 3 is 2.41 bits per heavy atom. The molecule has 0 atom stereocenters. The summed E-state index contributed by atoms with van der Waals surface area (Å²) < 4.78 is 43.0. The second kappa shape index (κ2) is 13.9. The summed E-state index contributed by atoms with van der Waals surface area (Å²) in [6, 6.07) is 14.5. The third-order valence-corrected chi connectivity index (χ3v) is 9.18. The van der Waals surface area contributed by atoms with Crippen LogP contribution in [-0.2, 0) is 19.7 Å². The summed E-state index contributed by atoms with van der Waals surface area (Å²) in [7, 11) is -2.92. The van der Waals surface area contributed by atoms with Crippen molar-refractivity contribution in [1.29, 1.82) is 0 Å². The van der Waals surface area contributed by atoms with Crippen LogP contribution in [-0.4, -0.2) is 50.6 Å². The van der Waals surface area contributed by atoms with E-state index in [9.17, 15) is 22.8 Å². The summed E-state index contributed by atoms with van der Waals surface area (Å²) in [6.07, 6.45) is 1.52. The van der Waals surface area contributed by atoms with E-state index in [0.717, 1.165) is 33.5 Å². The highest BCUT2D eigenvalue weighted by atomic mass is 79.9. The van der Waals surface area contributed by atoms with Crippen LogP contribution in [0.25, 0.3) is 6.08 Å². The largest absolute Gasteiger partial charge is 0.493 e. The summed E-state index contributed by atoms with van der Waals surface area (Å²) in [5.74, 6) is 0.210. The van der Waals surface area contributed by atoms with Crippen LogP contribution < -0.4 is 19.0 Å². The number of methoxy groups -OCH3 is 1. The lowest BCUT2D eigenvalue weighted by Gasteiger charge is -2.17. The molecule has 3 amide bonds. The van der Waals surface area contributed by atoms with Gasteiger partial charge in [-0.2, -0.15) is 8.42 Å². The van der Waals surface area contributed by atoms with Crippen molar-refractivity contribution in [3.63, 3.8) is 0 Å². The van der Waals surface area contributed by atoms with E-state index in [1.807, 2.05) is 25.1 Å². The van der Waals surface area contributed by atoms with E-state index in [1.165, 1.54) is 50.4 Å². The van der Waals surface area contributed by atoms with Crippen molar-refractivity contribution in [2.45, 2.75) is 38.5 Å². The first-order chi connectivity index (χ1) is 20.8. The SMILES string of the molecule is COc1cc(/C=C2\SC(=O)N(CCOc3cc(C)ccc3C(C)C)C2=O)cc(Br)c1OS(=O)(=O)c1ccc(NC(C)=O)cc1. The van der Waals surface area contributed by atoms with Gasteiger partial charge in [0.15, 0.2) is 11.5 Å². The van der Waals surface area contributed by atoms with Gasteiger partial charge in [-0.05, 0) is 106 Å². The Morgan fingerprint density at radius 1 is 1.07 bits per heavy atom. The molecule has 232 valence electrons. The molecule has 1 fully saturated rings. The van der Waals surface area contributed by atoms with E-state index >= 15 is 0 Å². The van der Waals surface area contributed by atoms with Crippen molar-refractivity contribution in [1.82, 2.24) is 4.90 Å². The van der Waals surface area contributed by atoms with E-state index < -0.39 is 21.3 Å². The quantitative estimate of drug-likeness (QED) is 0.171. The summed E-state index contributed by atoms with van der Waals surface area (Å²) in [5, 5.41) is 2.15. The number of carbonyl (C=O) groups excluding carboxylic acids is 3. The predicted octanol–water partition coefficient (Wildman–Crippen LogP) is 6.73. The summed E-state index contributed by atoms with van der Waals surface area (Å²) in [4.78, 5) is 38.2. The van der Waals surface area contributed by atoms with Crippen LogP contribution in [0.1, 0.15) is 43.4 Å². The van der Waals surface area contributed by atoms with Gasteiger partial charge in [0.2, 0.25) is 5.91 Å². The first-order valence-corrected chi connectivity index (χ1v) is 16.5. The Labute approximate surface area is 269 Å². The van der Waals surface area contributed by atoms with Gasteiger partial charge >= 0.3 is 10.1 Å². The van der Waals surface area contributed by atoms with Crippen molar-refractivity contribution < 1.29 is 36.5 Å². The van der Waals surface area contributed by atoms with Gasteiger partial charge in [-0.3, -0.25) is 19.3 Å². The Bertz CT molecular complexity index is 1740. The van der Waals surface area contributed by atoms with Gasteiger partial charge in [0.1, 0.15) is 17.3 Å². The first kappa shape index (κ1) is 33.1. The van der Waals surface area contributed by atoms with Gasteiger partial charge in [0, 0.05) is 12.6 Å². The average molecular weight is 704 g/mol. The van der Waals surface area contributed by atoms with E-state index in [4.69, 9.17) is 13.7 Å². The van der Waals surface area contributed by atoms with Crippen molar-refractivity contribution in [2.24, 2.45) is 0 Å². The maximum Gasteiger partial charge on any atom is 0.339 e. The second-order valence-corrected chi connectivity index (χ2v) is 13.5. The van der Waals surface area contributed by atoms with Crippen molar-refractivity contribution in [3.05, 3.63) is 80.7 Å². The number of benzene rings is 3. The fourth-order valence-electron chi connectivity index (χ4n) is 4.30. The monoisotopic (exact) mass is 702 g/mol. The topological polar surface area (TPSA) is 128 Å². The molecule has 1 heterocycles. The molecule has 0 aromatic heterocycles. The second-order valence-electron chi connectivity index (χ2n) is 10.2. The molecule has 3 aromatic carbocycles. The number of hydrogen-bond donors (Lipinski definition) is 1. The molecule has 0 unspecified atom stereocenters. The molecule has 0 spiro atoms. The Morgan fingerprint density at radius 2 is 1.77 bits per heavy atom. The van der Waals surface area contributed by atoms with Crippen LogP contribution in [0.5, 0.6) is 17.2 Å². The van der Waals surface area contributed by atoms with Gasteiger partial charge in [-0.1, -0.05) is 26.0 Å². The number of amides is 3. The van der Waals surface area contributed by atoms with Gasteiger partial charge in [0.25, 0.3) is 11.1 Å². The number of nitrogens with one attached hydrogen (secondary N) is 1. The lowest BCUT2D eigenvalue weighted by atomic mass is 10.0. The number of halogens is 1. The third-order valence-electron chi connectivity index (χ3n) is 6.44. The average Bonchev–Trinajstić information content (AvgIpc) is 3.21. The number of thioether (sulfide) groups is 1. The molecule has 0 radical (unpaired) electrons. The minimum Gasteiger partial charge on any atom is -0.493 e. The van der Waals surface area contributed by atoms with E-state index in [1.54, 1.807) is 6.07 Å². The Kier molecular flexibility index (Phi) is 10.4. The maximum atomic E-state index is 13.1. The predicted molar refractivity (Wildman–Crippen MR) is 173 cm³/mol. The molecule has 0 saturated carbocycles. The summed E-state index contributed by atoms with van der Waals surface area (Å²) >= 11 is 4.14. The molecule has 1 saturated heterocycles. The molecule has 13 heteroatoms. The van der Waals surface area contributed by atoms with E-state index in [0.29, 0.717) is 11.3 Å². The molecule has 0 aliphatic carbocycles. The highest BCUT2D eigenvalue weighted by Gasteiger charge is 2.35. The summed E-state index contributed by atoms with van der Waals surface area (Å²) in [5.41, 5.74) is 3.00. The molecule has 4 rings (SSSR count). The van der Waals surface area contributed by atoms with Crippen LogP contribution in [0.3, 0.4) is 0 Å². The fourth-order valence-corrected chi connectivity index (χ4v) is 6.77. The van der Waals surface area contributed by atoms with Gasteiger partial charge in [-0.15, -0.1) is 0 Å². The van der Waals surface area contributed by atoms with E-state index in [2.05, 4.69) is 35.1 Å². The van der Waals surface area contributed by atoms with Crippen molar-refractivity contribution >= 4 is 66.6 Å². The van der Waals surface area contributed by atoms with Crippen LogP contribution in [0, 0.1) is 6.92 Å². The molecular weight excluding hydrogens is 672 g/mol. The van der Waals surface area contributed by atoms with Crippen LogP contribution in [0.4, 0.5) is 10.5 Å². The molecule has 1 aliphatic rings. The zero-order valence-electron chi connectivity index (χ0n) is 24.7. The normalized spacial score (nSPS) is 14.3. The highest BCUT2D eigenvalue weighted by molar-refractivity contribution is 9.10. The standard InChI is InChI=1S/C31H31BrN2O8S2/c1-18(2)24-11-6-19(3)14-26(24)41-13-12-34-30(36)28(43-31(34)37)17-21-15-25(32)29(27(16-21)40-5)42-44(38,39)23-9-7-22(8-10-23)33-20(4)35/h6-11,14-18H,12-13H2,1-5H3,(H,33,35)/b28-17-. The number of anilines is 1. The number of rotatable bonds is 11. The zero-order chi connectivity index (χ0) is 32.2. The lowest BCUT2D eigenvalue weighted by Crippen LogP contribution is -2.32. The molecule has 1 N–H and O–H groups in total. The molecule has 10 nitrogen and oxygen atoms in total. The van der Waals surface area contributed by atoms with Crippen LogP contribution in [0.15, 0.2) is 68.9 Å². The Balaban J connectivity index is 1.48. The van der Waals surface area contributed by atoms with Gasteiger partial charge in [-0.25, -0.2) is 0 Å². The number of nitrogens with zero attached hydrogens (tertiary/aromatic N) is 1. The molecular formula is C31H31BrN2O8S2. The van der Waals surface area contributed by atoms with Crippen molar-refractivity contribution in [3.8, 4) is 17.2 Å². The van der Waals surface area contributed by atoms with Gasteiger partial charge in [0.05, 0.1) is 23.0 Å². The third kappa shape index (κ3) is 7.82. The Hall–Kier alpha value is -3.81. The maximum absolute atomic E-state index is 13.1. The zero-order valence-corrected chi connectivity index (χ0v) is 27.9. The minimum atomic E-state index is -4.27. The molecule has 1 aliphatic heterocycles. The number of carbonyl (C=O) groups is 3. The number of aryl methyl sites for hydroxylation is 1. The highest BCUT2D eigenvalue weighted by Crippen LogP contribution is 2.40. The van der Waals surface area contributed by atoms with Crippen LogP contribution >= 0.6 is 27.7 Å². The molecule has 3 aromatic rings. The minimum absolute atomic E-state index is 0.0795. The van der Waals surface area contributed by atoms with E-state index in [-0.39, 0.29) is 50.7 Å². The van der Waals surface area contributed by atoms with Gasteiger partial charge < -0.3 is 19.0 Å². The van der Waals surface area contributed by atoms with Crippen LogP contribution in [0.2, 0.25) is 0 Å². The van der Waals surface area contributed by atoms with Crippen molar-refractivity contribution in [2.75, 3.05) is 25.6 Å². The smallest absolute Gasteiger partial charge is 0.339 e. The number of ether oxygens (including phenoxy) is 2. The lowest BCUT2D eigenvalue weighted by molar-refractivity contribution is -0.123. The molecule has 44 heavy (non-hydrogen) atoms. The number of hydrogen-bond acceptors (Lipinski definition) is 9. The fraction of sp³-hybridized carbons (Fsp3) is 0.258. The number of imide groups is 1. The summed E-state index contributed by atoms with van der Waals surface area (Å²) in [6.45, 7) is 7.67. The first-order valence-electron chi connectivity index (χ1n) is 13.5.